The van der Waals surface area contributed by atoms with Gasteiger partial charge in [0, 0.05) is 19.2 Å². The summed E-state index contributed by atoms with van der Waals surface area (Å²) in [7, 11) is -3.11. The molecule has 2 N–H and O–H groups in total. The Hall–Kier alpha value is -1.58. The van der Waals surface area contributed by atoms with E-state index in [4.69, 9.17) is 5.73 Å². The molecule has 0 atom stereocenters. The third kappa shape index (κ3) is 3.25. The monoisotopic (exact) mass is 296 g/mol. The highest BCUT2D eigenvalue weighted by Gasteiger charge is 2.34. The van der Waals surface area contributed by atoms with E-state index in [2.05, 4.69) is 9.97 Å². The molecule has 1 aliphatic rings. The molecule has 1 aromatic rings. The lowest BCUT2D eigenvalue weighted by molar-refractivity contribution is -0.141. The topological polar surface area (TPSA) is 89.2 Å². The Morgan fingerprint density at radius 1 is 1.21 bits per heavy atom. The van der Waals surface area contributed by atoms with Gasteiger partial charge in [0.25, 0.3) is 0 Å². The summed E-state index contributed by atoms with van der Waals surface area (Å²) in [6.07, 6.45) is -4.62. The summed E-state index contributed by atoms with van der Waals surface area (Å²) in [4.78, 5) is 8.29. The van der Waals surface area contributed by atoms with Crippen molar-refractivity contribution in [2.45, 2.75) is 6.18 Å². The van der Waals surface area contributed by atoms with Gasteiger partial charge in [-0.2, -0.15) is 18.2 Å². The van der Waals surface area contributed by atoms with Crippen LogP contribution in [0.1, 0.15) is 5.69 Å². The first-order valence-corrected chi connectivity index (χ1v) is 7.17. The third-order valence-corrected chi connectivity index (χ3v) is 4.30. The van der Waals surface area contributed by atoms with E-state index in [1.54, 1.807) is 0 Å². The van der Waals surface area contributed by atoms with Crippen molar-refractivity contribution >= 4 is 21.6 Å². The molecule has 0 bridgehead atoms. The van der Waals surface area contributed by atoms with Crippen LogP contribution in [0.25, 0.3) is 0 Å². The highest BCUT2D eigenvalue weighted by atomic mass is 32.2. The molecule has 2 rings (SSSR count). The molecule has 106 valence electrons. The Bertz CT molecular complexity index is 574. The molecule has 2 heterocycles. The van der Waals surface area contributed by atoms with Crippen LogP contribution >= 0.6 is 0 Å². The zero-order chi connectivity index (χ0) is 14.3. The Labute approximate surface area is 107 Å². The zero-order valence-electron chi connectivity index (χ0n) is 9.68. The number of anilines is 2. The summed E-state index contributed by atoms with van der Waals surface area (Å²) in [5, 5.41) is 0. The fourth-order valence-corrected chi connectivity index (χ4v) is 2.90. The molecule has 0 saturated carbocycles. The number of nitrogens with zero attached hydrogens (tertiary/aromatic N) is 3. The number of nitrogen functional groups attached to an aromatic ring is 1. The number of nitrogens with two attached hydrogens (primary N) is 1. The minimum atomic E-state index is -4.62. The van der Waals surface area contributed by atoms with Gasteiger partial charge in [-0.05, 0) is 0 Å². The molecule has 0 aliphatic carbocycles. The first kappa shape index (κ1) is 13.8. The maximum absolute atomic E-state index is 12.6. The van der Waals surface area contributed by atoms with Crippen molar-refractivity contribution in [2.75, 3.05) is 35.2 Å². The van der Waals surface area contributed by atoms with Crippen LogP contribution in [0.2, 0.25) is 0 Å². The minimum Gasteiger partial charge on any atom is -0.368 e. The quantitative estimate of drug-likeness (QED) is 0.802. The van der Waals surface area contributed by atoms with Gasteiger partial charge in [-0.3, -0.25) is 0 Å². The van der Waals surface area contributed by atoms with Crippen molar-refractivity contribution < 1.29 is 21.6 Å². The second-order valence-corrected chi connectivity index (χ2v) is 6.41. The van der Waals surface area contributed by atoms with E-state index in [0.717, 1.165) is 6.07 Å². The van der Waals surface area contributed by atoms with Gasteiger partial charge in [0.05, 0.1) is 11.5 Å². The number of sulfone groups is 1. The summed E-state index contributed by atoms with van der Waals surface area (Å²) >= 11 is 0. The Morgan fingerprint density at radius 2 is 1.79 bits per heavy atom. The highest BCUT2D eigenvalue weighted by molar-refractivity contribution is 7.91. The molecule has 10 heteroatoms. The average molecular weight is 296 g/mol. The number of hydrogen-bond donors (Lipinski definition) is 1. The van der Waals surface area contributed by atoms with Crippen LogP contribution in [-0.2, 0) is 16.0 Å². The van der Waals surface area contributed by atoms with E-state index in [0.29, 0.717) is 0 Å². The normalized spacial score (nSPS) is 19.4. The van der Waals surface area contributed by atoms with Crippen LogP contribution in [0, 0.1) is 0 Å². The summed E-state index contributed by atoms with van der Waals surface area (Å²) in [6, 6.07) is 0.772. The number of alkyl halides is 3. The maximum atomic E-state index is 12.6. The van der Waals surface area contributed by atoms with Crippen LogP contribution in [0.4, 0.5) is 24.9 Å². The highest BCUT2D eigenvalue weighted by Crippen LogP contribution is 2.30. The van der Waals surface area contributed by atoms with E-state index < -0.39 is 27.7 Å². The SMILES string of the molecule is Nc1nc(N2CCS(=O)(=O)CC2)cc(C(F)(F)F)n1. The lowest BCUT2D eigenvalue weighted by Crippen LogP contribution is -2.41. The average Bonchev–Trinajstić information content (AvgIpc) is 2.26. The predicted octanol–water partition coefficient (Wildman–Crippen LogP) is 0.312. The van der Waals surface area contributed by atoms with Crippen molar-refractivity contribution in [3.8, 4) is 0 Å². The van der Waals surface area contributed by atoms with Gasteiger partial charge < -0.3 is 10.6 Å². The molecule has 19 heavy (non-hydrogen) atoms. The van der Waals surface area contributed by atoms with Crippen LogP contribution in [0.15, 0.2) is 6.07 Å². The molecule has 0 radical (unpaired) electrons. The molecule has 1 saturated heterocycles. The predicted molar refractivity (Wildman–Crippen MR) is 62.3 cm³/mol. The van der Waals surface area contributed by atoms with Gasteiger partial charge in [-0.1, -0.05) is 0 Å². The van der Waals surface area contributed by atoms with Gasteiger partial charge in [0.2, 0.25) is 5.95 Å². The Morgan fingerprint density at radius 3 is 2.32 bits per heavy atom. The summed E-state index contributed by atoms with van der Waals surface area (Å²) in [5.74, 6) is -0.718. The van der Waals surface area contributed by atoms with E-state index >= 15 is 0 Å². The Kier molecular flexibility index (Phi) is 3.29. The van der Waals surface area contributed by atoms with Crippen molar-refractivity contribution in [3.63, 3.8) is 0 Å². The fourth-order valence-electron chi connectivity index (χ4n) is 1.70. The molecular weight excluding hydrogens is 285 g/mol. The molecule has 0 amide bonds. The lowest BCUT2D eigenvalue weighted by atomic mass is 10.3. The van der Waals surface area contributed by atoms with E-state index in [1.807, 2.05) is 0 Å². The number of rotatable bonds is 1. The fraction of sp³-hybridized carbons (Fsp3) is 0.556. The van der Waals surface area contributed by atoms with E-state index in [-0.39, 0.29) is 30.4 Å². The van der Waals surface area contributed by atoms with Crippen LogP contribution in [0.5, 0.6) is 0 Å². The van der Waals surface area contributed by atoms with Gasteiger partial charge in [-0.25, -0.2) is 13.4 Å². The number of hydrogen-bond acceptors (Lipinski definition) is 6. The minimum absolute atomic E-state index is 0.00488. The molecule has 1 aliphatic heterocycles. The second-order valence-electron chi connectivity index (χ2n) is 4.11. The van der Waals surface area contributed by atoms with Gasteiger partial charge >= 0.3 is 6.18 Å². The largest absolute Gasteiger partial charge is 0.433 e. The van der Waals surface area contributed by atoms with Gasteiger partial charge in [0.1, 0.15) is 5.82 Å². The van der Waals surface area contributed by atoms with Crippen LogP contribution in [-0.4, -0.2) is 43.0 Å². The molecular formula is C9H11F3N4O2S. The van der Waals surface area contributed by atoms with Crippen LogP contribution < -0.4 is 10.6 Å². The summed E-state index contributed by atoms with van der Waals surface area (Å²) in [6.45, 7) is 0.187. The van der Waals surface area contributed by atoms with Crippen LogP contribution in [0.3, 0.4) is 0 Å². The number of halogens is 3. The molecule has 1 aromatic heterocycles. The van der Waals surface area contributed by atoms with Gasteiger partial charge in [0.15, 0.2) is 15.5 Å². The molecule has 0 unspecified atom stereocenters. The smallest absolute Gasteiger partial charge is 0.368 e. The van der Waals surface area contributed by atoms with Crippen molar-refractivity contribution in [1.82, 2.24) is 9.97 Å². The van der Waals surface area contributed by atoms with E-state index in [9.17, 15) is 21.6 Å². The summed E-state index contributed by atoms with van der Waals surface area (Å²) in [5.41, 5.74) is 4.11. The first-order valence-electron chi connectivity index (χ1n) is 5.34. The molecule has 0 spiro atoms. The van der Waals surface area contributed by atoms with Crippen molar-refractivity contribution in [3.05, 3.63) is 11.8 Å². The third-order valence-electron chi connectivity index (χ3n) is 2.69. The van der Waals surface area contributed by atoms with Crippen molar-refractivity contribution in [2.24, 2.45) is 0 Å². The first-order chi connectivity index (χ1) is 8.67. The molecule has 1 fully saturated rings. The summed E-state index contributed by atoms with van der Waals surface area (Å²) < 4.78 is 60.2. The maximum Gasteiger partial charge on any atom is 0.433 e. The van der Waals surface area contributed by atoms with Crippen molar-refractivity contribution in [1.29, 1.82) is 0 Å². The van der Waals surface area contributed by atoms with E-state index in [1.165, 1.54) is 4.90 Å². The zero-order valence-corrected chi connectivity index (χ0v) is 10.5. The lowest BCUT2D eigenvalue weighted by Gasteiger charge is -2.28. The Balaban J connectivity index is 2.29. The number of aromatic nitrogens is 2. The molecule has 6 nitrogen and oxygen atoms in total. The van der Waals surface area contributed by atoms with Gasteiger partial charge in [-0.15, -0.1) is 0 Å². The standard InChI is InChI=1S/C9H11F3N4O2S/c10-9(11,12)6-5-7(15-8(13)14-6)16-1-3-19(17,18)4-2-16/h5H,1-4H2,(H2,13,14,15). The second kappa shape index (κ2) is 4.51. The molecule has 0 aromatic carbocycles.